The van der Waals surface area contributed by atoms with Gasteiger partial charge in [0, 0.05) is 23.4 Å². The van der Waals surface area contributed by atoms with Crippen molar-refractivity contribution in [3.63, 3.8) is 0 Å². The molecule has 0 aromatic heterocycles. The summed E-state index contributed by atoms with van der Waals surface area (Å²) in [5.74, 6) is 3.71. The van der Waals surface area contributed by atoms with Crippen LogP contribution in [-0.4, -0.2) is 42.1 Å². The van der Waals surface area contributed by atoms with E-state index < -0.39 is 18.1 Å². The normalized spacial score (nSPS) is 11.7. The van der Waals surface area contributed by atoms with Crippen LogP contribution in [0.2, 0.25) is 0 Å². The van der Waals surface area contributed by atoms with Crippen molar-refractivity contribution in [2.75, 3.05) is 17.2 Å². The van der Waals surface area contributed by atoms with Crippen LogP contribution in [0.1, 0.15) is 29.8 Å². The molecule has 2 amide bonds. The van der Waals surface area contributed by atoms with Gasteiger partial charge in [-0.05, 0) is 41.8 Å². The molecule has 2 rings (SSSR count). The summed E-state index contributed by atoms with van der Waals surface area (Å²) in [5.41, 5.74) is 2.30. The number of hydrazone groups is 1. The molecule has 0 aliphatic carbocycles. The maximum absolute atomic E-state index is 12.5. The van der Waals surface area contributed by atoms with Gasteiger partial charge >= 0.3 is 12.1 Å². The molecule has 2 aromatic rings. The number of amides is 2. The van der Waals surface area contributed by atoms with Crippen LogP contribution in [0.25, 0.3) is 0 Å². The monoisotopic (exact) mass is 441 g/mol. The molecule has 0 heterocycles. The lowest BCUT2D eigenvalue weighted by molar-refractivity contribution is -0.139. The van der Waals surface area contributed by atoms with E-state index in [1.54, 1.807) is 48.5 Å². The molecular weight excluding hydrogens is 414 g/mol. The molecule has 2 aromatic carbocycles. The van der Waals surface area contributed by atoms with Crippen LogP contribution in [-0.2, 0) is 16.0 Å². The average molecular weight is 441 g/mol. The molecule has 10 heteroatoms. The SMILES string of the molecule is CC(C)COC(=O)N[C@@H](Cc1ccc(NC(=O)c2cccc(NC=NN)c2)cc1)C(=O)O. The summed E-state index contributed by atoms with van der Waals surface area (Å²) >= 11 is 0. The molecule has 0 aliphatic heterocycles. The van der Waals surface area contributed by atoms with Crippen molar-refractivity contribution in [2.45, 2.75) is 26.3 Å². The number of carboxylic acid groups (broad SMARTS) is 1. The van der Waals surface area contributed by atoms with Crippen molar-refractivity contribution >= 4 is 35.7 Å². The van der Waals surface area contributed by atoms with Crippen LogP contribution < -0.4 is 21.8 Å². The third-order valence-electron chi connectivity index (χ3n) is 4.22. The van der Waals surface area contributed by atoms with E-state index in [0.29, 0.717) is 22.5 Å². The Morgan fingerprint density at radius 1 is 1.12 bits per heavy atom. The lowest BCUT2D eigenvalue weighted by Gasteiger charge is -2.15. The molecule has 0 unspecified atom stereocenters. The minimum atomic E-state index is -1.17. The number of hydrogen-bond donors (Lipinski definition) is 5. The number of nitrogens with zero attached hydrogens (tertiary/aromatic N) is 1. The molecule has 170 valence electrons. The van der Waals surface area contributed by atoms with E-state index in [1.807, 2.05) is 13.8 Å². The van der Waals surface area contributed by atoms with Gasteiger partial charge in [-0.3, -0.25) is 4.79 Å². The Morgan fingerprint density at radius 3 is 2.47 bits per heavy atom. The Balaban J connectivity index is 1.97. The number of hydrogen-bond acceptors (Lipinski definition) is 6. The third-order valence-corrected chi connectivity index (χ3v) is 4.22. The smallest absolute Gasteiger partial charge is 0.407 e. The summed E-state index contributed by atoms with van der Waals surface area (Å²) in [7, 11) is 0. The number of aliphatic carboxylic acids is 1. The van der Waals surface area contributed by atoms with Crippen LogP contribution in [0.4, 0.5) is 16.2 Å². The van der Waals surface area contributed by atoms with Gasteiger partial charge < -0.3 is 31.6 Å². The predicted octanol–water partition coefficient (Wildman–Crippen LogP) is 2.63. The number of alkyl carbamates (subject to hydrolysis) is 1. The number of carboxylic acids is 1. The quantitative estimate of drug-likeness (QED) is 0.164. The molecule has 6 N–H and O–H groups in total. The van der Waals surface area contributed by atoms with Crippen LogP contribution in [0.15, 0.2) is 53.6 Å². The second kappa shape index (κ2) is 11.9. The minimum Gasteiger partial charge on any atom is -0.480 e. The lowest BCUT2D eigenvalue weighted by atomic mass is 10.1. The summed E-state index contributed by atoms with van der Waals surface area (Å²) in [4.78, 5) is 35.8. The fourth-order valence-corrected chi connectivity index (χ4v) is 2.65. The van der Waals surface area contributed by atoms with E-state index in [1.165, 1.54) is 6.34 Å². The molecule has 1 atom stereocenters. The van der Waals surface area contributed by atoms with Gasteiger partial charge in [0.15, 0.2) is 0 Å². The van der Waals surface area contributed by atoms with Gasteiger partial charge in [0.05, 0.1) is 6.61 Å². The molecule has 0 saturated heterocycles. The van der Waals surface area contributed by atoms with E-state index in [2.05, 4.69) is 21.1 Å². The standard InChI is InChI=1S/C22H27N5O5/c1-14(2)12-32-22(31)27-19(21(29)30)10-15-6-8-17(9-7-15)26-20(28)16-4-3-5-18(11-16)24-13-25-23/h3-9,11,13-14,19H,10,12,23H2,1-2H3,(H,24,25)(H,26,28)(H,27,31)(H,29,30)/t19-/m0/s1. The van der Waals surface area contributed by atoms with Crippen molar-refractivity contribution < 1.29 is 24.2 Å². The summed E-state index contributed by atoms with van der Waals surface area (Å²) in [6, 6.07) is 12.3. The lowest BCUT2D eigenvalue weighted by Crippen LogP contribution is -2.42. The van der Waals surface area contributed by atoms with E-state index in [9.17, 15) is 19.5 Å². The Bertz CT molecular complexity index is 959. The first-order valence-electron chi connectivity index (χ1n) is 9.93. The summed E-state index contributed by atoms with van der Waals surface area (Å²) < 4.78 is 4.98. The highest BCUT2D eigenvalue weighted by Crippen LogP contribution is 2.15. The van der Waals surface area contributed by atoms with Crippen molar-refractivity contribution in [3.8, 4) is 0 Å². The number of carbonyl (C=O) groups is 3. The topological polar surface area (TPSA) is 155 Å². The molecule has 0 aliphatic rings. The van der Waals surface area contributed by atoms with Crippen LogP contribution in [0.5, 0.6) is 0 Å². The summed E-state index contributed by atoms with van der Waals surface area (Å²) in [5, 5.41) is 20.7. The molecule has 0 fully saturated rings. The first kappa shape index (κ1) is 24.2. The van der Waals surface area contributed by atoms with Crippen molar-refractivity contribution in [2.24, 2.45) is 16.9 Å². The average Bonchev–Trinajstić information content (AvgIpc) is 2.77. The maximum Gasteiger partial charge on any atom is 0.407 e. The van der Waals surface area contributed by atoms with Gasteiger partial charge in [0.1, 0.15) is 12.4 Å². The first-order chi connectivity index (χ1) is 15.3. The Kier molecular flexibility index (Phi) is 9.03. The van der Waals surface area contributed by atoms with Gasteiger partial charge in [0.25, 0.3) is 5.91 Å². The second-order valence-corrected chi connectivity index (χ2v) is 7.39. The number of carbonyl (C=O) groups excluding carboxylic acids is 2. The maximum atomic E-state index is 12.5. The highest BCUT2D eigenvalue weighted by atomic mass is 16.5. The highest BCUT2D eigenvalue weighted by molar-refractivity contribution is 6.05. The third kappa shape index (κ3) is 7.98. The van der Waals surface area contributed by atoms with Gasteiger partial charge in [-0.15, -0.1) is 0 Å². The van der Waals surface area contributed by atoms with Crippen LogP contribution >= 0.6 is 0 Å². The van der Waals surface area contributed by atoms with Gasteiger partial charge in [-0.1, -0.05) is 32.0 Å². The summed E-state index contributed by atoms with van der Waals surface area (Å²) in [6.45, 7) is 3.96. The summed E-state index contributed by atoms with van der Waals surface area (Å²) in [6.07, 6.45) is 0.597. The molecule has 32 heavy (non-hydrogen) atoms. The zero-order valence-corrected chi connectivity index (χ0v) is 17.9. The molecule has 0 spiro atoms. The molecule has 0 saturated carbocycles. The van der Waals surface area contributed by atoms with Crippen LogP contribution in [0.3, 0.4) is 0 Å². The first-order valence-corrected chi connectivity index (χ1v) is 9.93. The van der Waals surface area contributed by atoms with Gasteiger partial charge in [-0.25, -0.2) is 9.59 Å². The molecular formula is C22H27N5O5. The number of nitrogens with one attached hydrogen (secondary N) is 3. The zero-order valence-electron chi connectivity index (χ0n) is 17.9. The highest BCUT2D eigenvalue weighted by Gasteiger charge is 2.21. The van der Waals surface area contributed by atoms with Crippen molar-refractivity contribution in [3.05, 3.63) is 59.7 Å². The van der Waals surface area contributed by atoms with Gasteiger partial charge in [-0.2, -0.15) is 5.10 Å². The number of benzene rings is 2. The Morgan fingerprint density at radius 2 is 1.84 bits per heavy atom. The second-order valence-electron chi connectivity index (χ2n) is 7.39. The van der Waals surface area contributed by atoms with E-state index in [0.717, 1.165) is 0 Å². The van der Waals surface area contributed by atoms with Gasteiger partial charge in [0.2, 0.25) is 0 Å². The van der Waals surface area contributed by atoms with E-state index in [-0.39, 0.29) is 24.9 Å². The van der Waals surface area contributed by atoms with Crippen molar-refractivity contribution in [1.29, 1.82) is 0 Å². The molecule has 0 radical (unpaired) electrons. The predicted molar refractivity (Wildman–Crippen MR) is 122 cm³/mol. The minimum absolute atomic E-state index is 0.0662. The molecule has 10 nitrogen and oxygen atoms in total. The molecule has 0 bridgehead atoms. The Labute approximate surface area is 185 Å². The number of ether oxygens (including phenoxy) is 1. The van der Waals surface area contributed by atoms with E-state index in [4.69, 9.17) is 10.6 Å². The fourth-order valence-electron chi connectivity index (χ4n) is 2.65. The largest absolute Gasteiger partial charge is 0.480 e. The van der Waals surface area contributed by atoms with E-state index >= 15 is 0 Å². The van der Waals surface area contributed by atoms with Crippen LogP contribution in [0, 0.1) is 5.92 Å². The van der Waals surface area contributed by atoms with Crippen molar-refractivity contribution in [1.82, 2.24) is 5.32 Å². The number of nitrogens with two attached hydrogens (primary N) is 1. The fraction of sp³-hybridized carbons (Fsp3) is 0.273. The Hall–Kier alpha value is -4.08. The zero-order chi connectivity index (χ0) is 23.5. The number of anilines is 2. The number of rotatable bonds is 10.